The molecule has 0 fully saturated rings. The number of allylic oxidation sites excluding steroid dienone is 1. The van der Waals surface area contributed by atoms with Crippen LogP contribution in [0.25, 0.3) is 12.2 Å². The number of carbonyl (C=O) groups is 2. The van der Waals surface area contributed by atoms with Gasteiger partial charge in [-0.1, -0.05) is 66.7 Å². The smallest absolute Gasteiger partial charge is 0.338 e. The van der Waals surface area contributed by atoms with Crippen molar-refractivity contribution in [2.75, 3.05) is 6.61 Å². The van der Waals surface area contributed by atoms with Crippen LogP contribution in [-0.2, 0) is 9.53 Å². The zero-order chi connectivity index (χ0) is 19.2. The topological polar surface area (TPSA) is 67.4 Å². The van der Waals surface area contributed by atoms with E-state index in [1.54, 1.807) is 13.8 Å². The van der Waals surface area contributed by atoms with Crippen LogP contribution < -0.4 is 10.6 Å². The molecule has 0 aromatic heterocycles. The highest BCUT2D eigenvalue weighted by atomic mass is 16.5. The summed E-state index contributed by atoms with van der Waals surface area (Å²) >= 11 is 0. The van der Waals surface area contributed by atoms with Gasteiger partial charge >= 0.3 is 12.0 Å². The summed E-state index contributed by atoms with van der Waals surface area (Å²) in [5.74, 6) is -0.436. The monoisotopic (exact) mass is 362 g/mol. The van der Waals surface area contributed by atoms with Gasteiger partial charge in [0.15, 0.2) is 0 Å². The Bertz CT molecular complexity index is 901. The fraction of sp³-hybridized carbons (Fsp3) is 0.182. The van der Waals surface area contributed by atoms with Crippen molar-refractivity contribution in [2.24, 2.45) is 0 Å². The molecule has 2 aromatic carbocycles. The largest absolute Gasteiger partial charge is 0.463 e. The number of urea groups is 1. The number of benzene rings is 2. The van der Waals surface area contributed by atoms with Crippen LogP contribution >= 0.6 is 0 Å². The second-order valence-corrected chi connectivity index (χ2v) is 6.16. The van der Waals surface area contributed by atoms with Crippen LogP contribution in [0.15, 0.2) is 65.9 Å². The van der Waals surface area contributed by atoms with Gasteiger partial charge in [-0.25, -0.2) is 9.59 Å². The number of hydrogen-bond acceptors (Lipinski definition) is 3. The zero-order valence-corrected chi connectivity index (χ0v) is 15.4. The molecule has 2 aromatic rings. The van der Waals surface area contributed by atoms with Gasteiger partial charge in [-0.2, -0.15) is 0 Å². The molecule has 1 aliphatic heterocycles. The molecule has 2 N–H and O–H groups in total. The Balaban J connectivity index is 2.01. The molecule has 1 unspecified atom stereocenters. The minimum absolute atomic E-state index is 0.270. The predicted molar refractivity (Wildman–Crippen MR) is 106 cm³/mol. The standard InChI is InChI=1S/C22H22N2O3/c1-3-27-21(25)19-15(2)23-22(26)24-20(19)18-12-8-7-11-17(18)14-13-16-9-5-4-6-10-16/h4-14,20H,3H2,1-2H3,(H2,23,24,26)/b14-13+. The van der Waals surface area contributed by atoms with Crippen LogP contribution in [0.1, 0.15) is 36.6 Å². The van der Waals surface area contributed by atoms with Gasteiger partial charge in [0, 0.05) is 5.70 Å². The summed E-state index contributed by atoms with van der Waals surface area (Å²) < 4.78 is 5.20. The van der Waals surface area contributed by atoms with E-state index in [1.807, 2.05) is 66.7 Å². The maximum absolute atomic E-state index is 12.5. The maximum atomic E-state index is 12.5. The number of amides is 2. The first kappa shape index (κ1) is 18.5. The number of hydrogen-bond donors (Lipinski definition) is 2. The van der Waals surface area contributed by atoms with Crippen LogP contribution in [-0.4, -0.2) is 18.6 Å². The molecule has 3 rings (SSSR count). The summed E-state index contributed by atoms with van der Waals surface area (Å²) in [6.07, 6.45) is 3.99. The number of carbonyl (C=O) groups excluding carboxylic acids is 2. The number of esters is 1. The normalized spacial score (nSPS) is 16.8. The van der Waals surface area contributed by atoms with Gasteiger partial charge in [-0.05, 0) is 30.5 Å². The second kappa shape index (κ2) is 8.36. The minimum Gasteiger partial charge on any atom is -0.463 e. The third-order valence-corrected chi connectivity index (χ3v) is 4.33. The van der Waals surface area contributed by atoms with Crippen molar-refractivity contribution in [1.29, 1.82) is 0 Å². The van der Waals surface area contributed by atoms with E-state index < -0.39 is 12.0 Å². The van der Waals surface area contributed by atoms with Gasteiger partial charge in [-0.3, -0.25) is 0 Å². The lowest BCUT2D eigenvalue weighted by atomic mass is 9.91. The summed E-state index contributed by atoms with van der Waals surface area (Å²) in [7, 11) is 0. The summed E-state index contributed by atoms with van der Waals surface area (Å²) in [6.45, 7) is 3.74. The van der Waals surface area contributed by atoms with Crippen molar-refractivity contribution in [3.05, 3.63) is 82.6 Å². The molecule has 1 aliphatic rings. The van der Waals surface area contributed by atoms with Gasteiger partial charge in [0.1, 0.15) is 0 Å². The molecule has 0 saturated heterocycles. The fourth-order valence-electron chi connectivity index (χ4n) is 3.08. The molecule has 1 atom stereocenters. The Kier molecular flexibility index (Phi) is 5.71. The highest BCUT2D eigenvalue weighted by Gasteiger charge is 2.32. The van der Waals surface area contributed by atoms with Gasteiger partial charge in [0.2, 0.25) is 0 Å². The summed E-state index contributed by atoms with van der Waals surface area (Å²) in [4.78, 5) is 24.5. The zero-order valence-electron chi connectivity index (χ0n) is 15.4. The first-order valence-corrected chi connectivity index (χ1v) is 8.87. The van der Waals surface area contributed by atoms with E-state index in [4.69, 9.17) is 4.74 Å². The molecule has 2 amide bonds. The van der Waals surface area contributed by atoms with Crippen molar-refractivity contribution < 1.29 is 14.3 Å². The molecular weight excluding hydrogens is 340 g/mol. The van der Waals surface area contributed by atoms with Crippen LogP contribution in [0.5, 0.6) is 0 Å². The lowest BCUT2D eigenvalue weighted by molar-refractivity contribution is -0.139. The van der Waals surface area contributed by atoms with E-state index in [0.717, 1.165) is 16.7 Å². The maximum Gasteiger partial charge on any atom is 0.338 e. The summed E-state index contributed by atoms with van der Waals surface area (Å²) in [6, 6.07) is 16.7. The number of nitrogens with one attached hydrogen (secondary N) is 2. The third kappa shape index (κ3) is 4.26. The molecule has 0 spiro atoms. The van der Waals surface area contributed by atoms with E-state index in [1.165, 1.54) is 0 Å². The van der Waals surface area contributed by atoms with Crippen molar-refractivity contribution in [2.45, 2.75) is 19.9 Å². The third-order valence-electron chi connectivity index (χ3n) is 4.33. The van der Waals surface area contributed by atoms with E-state index in [0.29, 0.717) is 11.3 Å². The highest BCUT2D eigenvalue weighted by molar-refractivity contribution is 5.95. The number of ether oxygens (including phenoxy) is 1. The predicted octanol–water partition coefficient (Wildman–Crippen LogP) is 4.05. The number of rotatable bonds is 5. The summed E-state index contributed by atoms with van der Waals surface area (Å²) in [5, 5.41) is 5.50. The Morgan fingerprint density at radius 3 is 2.52 bits per heavy atom. The Morgan fingerprint density at radius 2 is 1.78 bits per heavy atom. The first-order chi connectivity index (χ1) is 13.1. The average molecular weight is 362 g/mol. The van der Waals surface area contributed by atoms with Crippen molar-refractivity contribution >= 4 is 24.2 Å². The van der Waals surface area contributed by atoms with E-state index in [-0.39, 0.29) is 12.6 Å². The van der Waals surface area contributed by atoms with Gasteiger partial charge in [-0.15, -0.1) is 0 Å². The summed E-state index contributed by atoms with van der Waals surface area (Å²) in [5.41, 5.74) is 3.74. The molecule has 0 saturated carbocycles. The highest BCUT2D eigenvalue weighted by Crippen LogP contribution is 2.30. The van der Waals surface area contributed by atoms with Crippen LogP contribution in [0.4, 0.5) is 4.79 Å². The molecular formula is C22H22N2O3. The van der Waals surface area contributed by atoms with Crippen molar-refractivity contribution in [3.8, 4) is 0 Å². The molecule has 5 nitrogen and oxygen atoms in total. The van der Waals surface area contributed by atoms with Gasteiger partial charge in [0.05, 0.1) is 18.2 Å². The molecule has 0 bridgehead atoms. The lowest BCUT2D eigenvalue weighted by Crippen LogP contribution is -2.45. The lowest BCUT2D eigenvalue weighted by Gasteiger charge is -2.29. The quantitative estimate of drug-likeness (QED) is 0.623. The van der Waals surface area contributed by atoms with E-state index in [2.05, 4.69) is 10.6 Å². The Hall–Kier alpha value is -3.34. The van der Waals surface area contributed by atoms with Crippen LogP contribution in [0.2, 0.25) is 0 Å². The second-order valence-electron chi connectivity index (χ2n) is 6.16. The Morgan fingerprint density at radius 1 is 1.07 bits per heavy atom. The van der Waals surface area contributed by atoms with Gasteiger partial charge in [0.25, 0.3) is 0 Å². The Labute approximate surface area is 158 Å². The van der Waals surface area contributed by atoms with Crippen LogP contribution in [0, 0.1) is 0 Å². The fourth-order valence-corrected chi connectivity index (χ4v) is 3.08. The molecule has 138 valence electrons. The van der Waals surface area contributed by atoms with Crippen molar-refractivity contribution in [1.82, 2.24) is 10.6 Å². The molecule has 0 aliphatic carbocycles. The van der Waals surface area contributed by atoms with Crippen LogP contribution in [0.3, 0.4) is 0 Å². The average Bonchev–Trinajstić information content (AvgIpc) is 2.67. The minimum atomic E-state index is -0.575. The van der Waals surface area contributed by atoms with E-state index >= 15 is 0 Å². The molecule has 0 radical (unpaired) electrons. The van der Waals surface area contributed by atoms with E-state index in [9.17, 15) is 9.59 Å². The van der Waals surface area contributed by atoms with Gasteiger partial charge < -0.3 is 15.4 Å². The first-order valence-electron chi connectivity index (χ1n) is 8.87. The van der Waals surface area contributed by atoms with Crippen molar-refractivity contribution in [3.63, 3.8) is 0 Å². The SMILES string of the molecule is CCOC(=O)C1=C(C)NC(=O)NC1c1ccccc1/C=C/c1ccccc1. The molecule has 1 heterocycles. The molecule has 5 heteroatoms. The molecule has 27 heavy (non-hydrogen) atoms.